The van der Waals surface area contributed by atoms with Crippen LogP contribution in [0.15, 0.2) is 18.2 Å². The second-order valence-electron chi connectivity index (χ2n) is 8.11. The van der Waals surface area contributed by atoms with Gasteiger partial charge in [-0.25, -0.2) is 0 Å². The summed E-state index contributed by atoms with van der Waals surface area (Å²) in [5.74, 6) is 0.145. The third-order valence-electron chi connectivity index (χ3n) is 5.67. The van der Waals surface area contributed by atoms with Gasteiger partial charge in [-0.2, -0.15) is 0 Å². The molecule has 3 atom stereocenters. The van der Waals surface area contributed by atoms with E-state index in [1.807, 2.05) is 25.7 Å². The molecule has 0 saturated carbocycles. The van der Waals surface area contributed by atoms with E-state index < -0.39 is 0 Å². The van der Waals surface area contributed by atoms with E-state index in [1.54, 1.807) is 44.2 Å². The van der Waals surface area contributed by atoms with Crippen LogP contribution in [0.2, 0.25) is 0 Å². The van der Waals surface area contributed by atoms with Crippen molar-refractivity contribution in [2.45, 2.75) is 52.7 Å². The number of hydrogen-bond acceptors (Lipinski definition) is 5. The fourth-order valence-electron chi connectivity index (χ4n) is 3.65. The number of fused-ring (bicyclic) bond motifs is 1. The number of carbonyl (C=O) groups is 3. The summed E-state index contributed by atoms with van der Waals surface area (Å²) in [5, 5.41) is 2.79. The van der Waals surface area contributed by atoms with Gasteiger partial charge in [0.1, 0.15) is 12.4 Å². The molecule has 1 heterocycles. The normalized spacial score (nSPS) is 22.6. The van der Waals surface area contributed by atoms with Gasteiger partial charge in [0.2, 0.25) is 11.8 Å². The molecule has 0 radical (unpaired) electrons. The van der Waals surface area contributed by atoms with Crippen molar-refractivity contribution in [2.24, 2.45) is 5.92 Å². The van der Waals surface area contributed by atoms with Crippen molar-refractivity contribution < 1.29 is 23.9 Å². The summed E-state index contributed by atoms with van der Waals surface area (Å²) in [7, 11) is 3.34. The summed E-state index contributed by atoms with van der Waals surface area (Å²) in [6.45, 7) is 8.71. The third-order valence-corrected chi connectivity index (χ3v) is 5.67. The average Bonchev–Trinajstić information content (AvgIpc) is 2.77. The van der Waals surface area contributed by atoms with Gasteiger partial charge in [-0.3, -0.25) is 14.4 Å². The van der Waals surface area contributed by atoms with Crippen LogP contribution in [0.4, 0.5) is 5.69 Å². The molecule has 0 saturated heterocycles. The van der Waals surface area contributed by atoms with Gasteiger partial charge >= 0.3 is 0 Å². The predicted molar refractivity (Wildman–Crippen MR) is 119 cm³/mol. The van der Waals surface area contributed by atoms with E-state index in [0.717, 1.165) is 0 Å². The number of anilines is 1. The van der Waals surface area contributed by atoms with Crippen molar-refractivity contribution in [2.75, 3.05) is 39.2 Å². The van der Waals surface area contributed by atoms with Crippen molar-refractivity contribution in [1.29, 1.82) is 0 Å². The van der Waals surface area contributed by atoms with Crippen LogP contribution in [-0.4, -0.2) is 73.5 Å². The van der Waals surface area contributed by atoms with Gasteiger partial charge in [0, 0.05) is 51.7 Å². The Morgan fingerprint density at radius 2 is 1.90 bits per heavy atom. The van der Waals surface area contributed by atoms with Gasteiger partial charge in [-0.1, -0.05) is 20.8 Å². The summed E-state index contributed by atoms with van der Waals surface area (Å²) in [5.41, 5.74) is 0.899. The molecule has 0 bridgehead atoms. The highest BCUT2D eigenvalue weighted by atomic mass is 16.5. The molecule has 1 aliphatic rings. The van der Waals surface area contributed by atoms with E-state index in [-0.39, 0.29) is 42.4 Å². The molecule has 1 aromatic carbocycles. The monoisotopic (exact) mass is 433 g/mol. The molecule has 1 N–H and O–H groups in total. The minimum absolute atomic E-state index is 0.0206. The first-order chi connectivity index (χ1) is 14.7. The lowest BCUT2D eigenvalue weighted by molar-refractivity contribution is -0.135. The Morgan fingerprint density at radius 3 is 2.52 bits per heavy atom. The number of nitrogens with zero attached hydrogens (tertiary/aromatic N) is 2. The maximum absolute atomic E-state index is 13.2. The molecular formula is C23H35N3O5. The molecule has 0 aliphatic carbocycles. The Balaban J connectivity index is 2.45. The topological polar surface area (TPSA) is 88.2 Å². The molecule has 31 heavy (non-hydrogen) atoms. The Labute approximate surface area is 184 Å². The maximum Gasteiger partial charge on any atom is 0.257 e. The highest BCUT2D eigenvalue weighted by Crippen LogP contribution is 2.26. The lowest BCUT2D eigenvalue weighted by Gasteiger charge is -2.36. The van der Waals surface area contributed by atoms with E-state index in [9.17, 15) is 14.4 Å². The van der Waals surface area contributed by atoms with Gasteiger partial charge in [0.25, 0.3) is 5.91 Å². The first kappa shape index (κ1) is 24.7. The molecule has 172 valence electrons. The van der Waals surface area contributed by atoms with Gasteiger partial charge in [0.15, 0.2) is 0 Å². The molecule has 1 aromatic rings. The minimum atomic E-state index is -0.236. The first-order valence-corrected chi connectivity index (χ1v) is 10.9. The van der Waals surface area contributed by atoms with E-state index in [0.29, 0.717) is 42.9 Å². The predicted octanol–water partition coefficient (Wildman–Crippen LogP) is 2.78. The molecular weight excluding hydrogens is 398 g/mol. The first-order valence-electron chi connectivity index (χ1n) is 10.9. The number of ether oxygens (including phenoxy) is 2. The van der Waals surface area contributed by atoms with Crippen molar-refractivity contribution in [1.82, 2.24) is 9.80 Å². The Hall–Kier alpha value is -2.61. The van der Waals surface area contributed by atoms with Crippen LogP contribution in [0.3, 0.4) is 0 Å². The number of nitrogens with one attached hydrogen (secondary N) is 1. The number of rotatable bonds is 4. The number of amides is 3. The second-order valence-corrected chi connectivity index (χ2v) is 8.11. The Bertz CT molecular complexity index is 797. The lowest BCUT2D eigenvalue weighted by atomic mass is 10.0. The van der Waals surface area contributed by atoms with Crippen LogP contribution in [0, 0.1) is 5.92 Å². The van der Waals surface area contributed by atoms with E-state index in [1.165, 1.54) is 0 Å². The lowest BCUT2D eigenvalue weighted by Crippen LogP contribution is -2.48. The van der Waals surface area contributed by atoms with Crippen LogP contribution in [0.25, 0.3) is 0 Å². The molecule has 0 aromatic heterocycles. The van der Waals surface area contributed by atoms with Gasteiger partial charge in [-0.15, -0.1) is 0 Å². The van der Waals surface area contributed by atoms with Crippen LogP contribution >= 0.6 is 0 Å². The summed E-state index contributed by atoms with van der Waals surface area (Å²) in [4.78, 5) is 41.1. The zero-order valence-corrected chi connectivity index (χ0v) is 19.4. The Kier molecular flexibility index (Phi) is 8.86. The van der Waals surface area contributed by atoms with Gasteiger partial charge in [0.05, 0.1) is 17.7 Å². The van der Waals surface area contributed by atoms with Crippen LogP contribution in [0.5, 0.6) is 5.75 Å². The number of likely N-dealkylation sites (N-methyl/N-ethyl adjacent to an activating group) is 1. The second kappa shape index (κ2) is 11.1. The van der Waals surface area contributed by atoms with Gasteiger partial charge < -0.3 is 24.6 Å². The molecule has 0 spiro atoms. The quantitative estimate of drug-likeness (QED) is 0.789. The number of hydrogen-bond donors (Lipinski definition) is 1. The zero-order chi connectivity index (χ0) is 23.1. The molecule has 0 fully saturated rings. The summed E-state index contributed by atoms with van der Waals surface area (Å²) >= 11 is 0. The highest BCUT2D eigenvalue weighted by molar-refractivity contribution is 5.99. The summed E-state index contributed by atoms with van der Waals surface area (Å²) in [6.07, 6.45) is 0.512. The zero-order valence-electron chi connectivity index (χ0n) is 19.4. The van der Waals surface area contributed by atoms with E-state index >= 15 is 0 Å². The average molecular weight is 434 g/mol. The van der Waals surface area contributed by atoms with Crippen LogP contribution < -0.4 is 10.1 Å². The Morgan fingerprint density at radius 1 is 1.19 bits per heavy atom. The summed E-state index contributed by atoms with van der Waals surface area (Å²) in [6, 6.07) is 4.86. The number of methoxy groups -OCH3 is 1. The SMILES string of the molecule is CCC(=O)Nc1ccc2c(c1)C(=O)N(C)C[C@H](OC)[C@H](C)CN(C(=O)CC)[C@H](C)CO2. The van der Waals surface area contributed by atoms with Crippen molar-refractivity contribution in [3.8, 4) is 5.75 Å². The number of benzene rings is 1. The van der Waals surface area contributed by atoms with E-state index in [2.05, 4.69) is 5.32 Å². The smallest absolute Gasteiger partial charge is 0.257 e. The molecule has 2 rings (SSSR count). The largest absolute Gasteiger partial charge is 0.491 e. The fourth-order valence-corrected chi connectivity index (χ4v) is 3.65. The molecule has 8 nitrogen and oxygen atoms in total. The summed E-state index contributed by atoms with van der Waals surface area (Å²) < 4.78 is 11.7. The highest BCUT2D eigenvalue weighted by Gasteiger charge is 2.29. The van der Waals surface area contributed by atoms with E-state index in [4.69, 9.17) is 9.47 Å². The standard InChI is InChI=1S/C23H35N3O5/c1-7-21(27)24-17-9-10-19-18(11-17)23(29)25(5)13-20(30-6)15(3)12-26(22(28)8-2)16(4)14-31-19/h9-11,15-16,20H,7-8,12-14H2,1-6H3,(H,24,27)/t15-,16-,20+/m1/s1. The van der Waals surface area contributed by atoms with Crippen LogP contribution in [-0.2, 0) is 14.3 Å². The number of carbonyl (C=O) groups excluding carboxylic acids is 3. The van der Waals surface area contributed by atoms with Gasteiger partial charge in [-0.05, 0) is 25.1 Å². The molecule has 8 heteroatoms. The molecule has 3 amide bonds. The third kappa shape index (κ3) is 6.19. The van der Waals surface area contributed by atoms with Crippen molar-refractivity contribution >= 4 is 23.4 Å². The van der Waals surface area contributed by atoms with Crippen LogP contribution in [0.1, 0.15) is 50.9 Å². The molecule has 1 aliphatic heterocycles. The minimum Gasteiger partial charge on any atom is -0.491 e. The fraction of sp³-hybridized carbons (Fsp3) is 0.609. The van der Waals surface area contributed by atoms with Crippen molar-refractivity contribution in [3.63, 3.8) is 0 Å². The van der Waals surface area contributed by atoms with Crippen molar-refractivity contribution in [3.05, 3.63) is 23.8 Å². The molecule has 0 unspecified atom stereocenters. The maximum atomic E-state index is 13.2.